The van der Waals surface area contributed by atoms with E-state index >= 15 is 0 Å². The van der Waals surface area contributed by atoms with E-state index in [2.05, 4.69) is 10.6 Å². The van der Waals surface area contributed by atoms with Crippen LogP contribution in [0.2, 0.25) is 0 Å². The standard InChI is InChI=1S/C17H32N2O6/c1-8-9-10-23-13(20)12(19-15(22)25-17(5,6)7)11-18-14(21)24-16(2,3)4/h12H,8-11H2,1-7H3,(H,18,21)(H,19,22). The molecule has 0 aliphatic heterocycles. The monoisotopic (exact) mass is 360 g/mol. The zero-order chi connectivity index (χ0) is 19.7. The molecule has 0 heterocycles. The van der Waals surface area contributed by atoms with E-state index in [9.17, 15) is 14.4 Å². The summed E-state index contributed by atoms with van der Waals surface area (Å²) in [5.41, 5.74) is -1.38. The van der Waals surface area contributed by atoms with E-state index in [0.717, 1.165) is 6.42 Å². The first-order valence-electron chi connectivity index (χ1n) is 8.47. The van der Waals surface area contributed by atoms with Crippen LogP contribution in [0.5, 0.6) is 0 Å². The summed E-state index contributed by atoms with van der Waals surface area (Å²) >= 11 is 0. The van der Waals surface area contributed by atoms with Crippen molar-refractivity contribution in [1.82, 2.24) is 10.6 Å². The molecule has 1 atom stereocenters. The molecular formula is C17H32N2O6. The Kier molecular flexibility index (Phi) is 9.30. The molecule has 0 aliphatic rings. The highest BCUT2D eigenvalue weighted by Crippen LogP contribution is 2.08. The van der Waals surface area contributed by atoms with E-state index < -0.39 is 35.4 Å². The highest BCUT2D eigenvalue weighted by molar-refractivity contribution is 5.82. The molecule has 25 heavy (non-hydrogen) atoms. The number of carbonyl (C=O) groups is 3. The van der Waals surface area contributed by atoms with Crippen LogP contribution in [-0.4, -0.2) is 48.6 Å². The number of ether oxygens (including phenoxy) is 3. The lowest BCUT2D eigenvalue weighted by molar-refractivity contribution is -0.146. The van der Waals surface area contributed by atoms with Gasteiger partial charge in [0.1, 0.15) is 17.2 Å². The summed E-state index contributed by atoms with van der Waals surface area (Å²) in [5, 5.41) is 4.86. The second-order valence-electron chi connectivity index (χ2n) is 7.60. The summed E-state index contributed by atoms with van der Waals surface area (Å²) in [4.78, 5) is 35.8. The average molecular weight is 360 g/mol. The summed E-state index contributed by atoms with van der Waals surface area (Å²) in [7, 11) is 0. The maximum atomic E-state index is 12.1. The zero-order valence-corrected chi connectivity index (χ0v) is 16.4. The molecule has 8 heteroatoms. The number of alkyl carbamates (subject to hydrolysis) is 2. The van der Waals surface area contributed by atoms with Crippen molar-refractivity contribution in [1.29, 1.82) is 0 Å². The van der Waals surface area contributed by atoms with Crippen LogP contribution in [0.4, 0.5) is 9.59 Å². The topological polar surface area (TPSA) is 103 Å². The van der Waals surface area contributed by atoms with Gasteiger partial charge in [0.15, 0.2) is 0 Å². The minimum Gasteiger partial charge on any atom is -0.464 e. The smallest absolute Gasteiger partial charge is 0.408 e. The minimum atomic E-state index is -1.07. The third-order valence-corrected chi connectivity index (χ3v) is 2.57. The molecular weight excluding hydrogens is 328 g/mol. The van der Waals surface area contributed by atoms with Crippen molar-refractivity contribution in [3.05, 3.63) is 0 Å². The van der Waals surface area contributed by atoms with Crippen LogP contribution < -0.4 is 10.6 Å². The lowest BCUT2D eigenvalue weighted by Crippen LogP contribution is -2.51. The van der Waals surface area contributed by atoms with Gasteiger partial charge in [0.05, 0.1) is 13.2 Å². The Labute approximate surface area is 150 Å². The number of nitrogens with one attached hydrogen (secondary N) is 2. The van der Waals surface area contributed by atoms with Crippen LogP contribution in [0.3, 0.4) is 0 Å². The van der Waals surface area contributed by atoms with Gasteiger partial charge in [-0.1, -0.05) is 13.3 Å². The largest absolute Gasteiger partial charge is 0.464 e. The van der Waals surface area contributed by atoms with E-state index in [1.165, 1.54) is 0 Å². The highest BCUT2D eigenvalue weighted by Gasteiger charge is 2.27. The molecule has 0 rings (SSSR count). The van der Waals surface area contributed by atoms with E-state index in [4.69, 9.17) is 14.2 Å². The predicted octanol–water partition coefficient (Wildman–Crippen LogP) is 2.75. The fraction of sp³-hybridized carbons (Fsp3) is 0.824. The molecule has 0 bridgehead atoms. The van der Waals surface area contributed by atoms with Gasteiger partial charge in [0, 0.05) is 0 Å². The summed E-state index contributed by atoms with van der Waals surface area (Å²) in [6.07, 6.45) is 0.124. The number of carbonyl (C=O) groups excluding carboxylic acids is 3. The SMILES string of the molecule is CCCCOC(=O)C(CNC(=O)OC(C)(C)C)NC(=O)OC(C)(C)C. The van der Waals surface area contributed by atoms with Crippen LogP contribution in [0.1, 0.15) is 61.3 Å². The van der Waals surface area contributed by atoms with Crippen molar-refractivity contribution >= 4 is 18.2 Å². The minimum absolute atomic E-state index is 0.168. The van der Waals surface area contributed by atoms with Gasteiger partial charge in [-0.15, -0.1) is 0 Å². The molecule has 146 valence electrons. The van der Waals surface area contributed by atoms with Crippen LogP contribution >= 0.6 is 0 Å². The van der Waals surface area contributed by atoms with E-state index in [1.54, 1.807) is 41.5 Å². The number of unbranched alkanes of at least 4 members (excludes halogenated alkanes) is 1. The van der Waals surface area contributed by atoms with Crippen molar-refractivity contribution in [3.8, 4) is 0 Å². The molecule has 0 aromatic heterocycles. The maximum Gasteiger partial charge on any atom is 0.408 e. The molecule has 2 amide bonds. The molecule has 8 nitrogen and oxygen atoms in total. The van der Waals surface area contributed by atoms with Gasteiger partial charge in [-0.05, 0) is 48.0 Å². The second-order valence-corrected chi connectivity index (χ2v) is 7.60. The van der Waals surface area contributed by atoms with Gasteiger partial charge >= 0.3 is 18.2 Å². The Morgan fingerprint density at radius 1 is 0.920 bits per heavy atom. The molecule has 0 aromatic carbocycles. The van der Waals surface area contributed by atoms with E-state index in [1.807, 2.05) is 6.92 Å². The number of amides is 2. The van der Waals surface area contributed by atoms with Gasteiger partial charge in [-0.25, -0.2) is 14.4 Å². The molecule has 1 unspecified atom stereocenters. The molecule has 0 saturated heterocycles. The fourth-order valence-electron chi connectivity index (χ4n) is 1.56. The average Bonchev–Trinajstić information content (AvgIpc) is 2.39. The molecule has 0 aromatic rings. The van der Waals surface area contributed by atoms with Crippen molar-refractivity contribution in [2.24, 2.45) is 0 Å². The van der Waals surface area contributed by atoms with Gasteiger partial charge < -0.3 is 24.8 Å². The Morgan fingerprint density at radius 3 is 1.92 bits per heavy atom. The summed E-state index contributed by atoms with van der Waals surface area (Å²) in [5.74, 6) is -0.643. The van der Waals surface area contributed by atoms with Gasteiger partial charge in [-0.3, -0.25) is 0 Å². The van der Waals surface area contributed by atoms with Gasteiger partial charge in [0.25, 0.3) is 0 Å². The van der Waals surface area contributed by atoms with Crippen LogP contribution in [0, 0.1) is 0 Å². The van der Waals surface area contributed by atoms with Crippen LogP contribution in [0.15, 0.2) is 0 Å². The van der Waals surface area contributed by atoms with Crippen molar-refractivity contribution in [3.63, 3.8) is 0 Å². The molecule has 0 radical (unpaired) electrons. The molecule has 0 aliphatic carbocycles. The highest BCUT2D eigenvalue weighted by atomic mass is 16.6. The number of rotatable bonds is 7. The van der Waals surface area contributed by atoms with Gasteiger partial charge in [0.2, 0.25) is 0 Å². The van der Waals surface area contributed by atoms with Crippen LogP contribution in [0.25, 0.3) is 0 Å². The number of hydrogen-bond acceptors (Lipinski definition) is 6. The maximum absolute atomic E-state index is 12.1. The first kappa shape index (κ1) is 23.0. The first-order chi connectivity index (χ1) is 11.3. The normalized spacial score (nSPS) is 12.8. The van der Waals surface area contributed by atoms with Crippen molar-refractivity contribution in [2.75, 3.05) is 13.2 Å². The van der Waals surface area contributed by atoms with E-state index in [0.29, 0.717) is 6.42 Å². The predicted molar refractivity (Wildman–Crippen MR) is 93.3 cm³/mol. The van der Waals surface area contributed by atoms with E-state index in [-0.39, 0.29) is 13.2 Å². The lowest BCUT2D eigenvalue weighted by atomic mass is 10.2. The molecule has 0 fully saturated rings. The Morgan fingerprint density at radius 2 is 1.44 bits per heavy atom. The Hall–Kier alpha value is -1.99. The Balaban J connectivity index is 4.74. The third-order valence-electron chi connectivity index (χ3n) is 2.57. The van der Waals surface area contributed by atoms with Crippen molar-refractivity contribution in [2.45, 2.75) is 78.6 Å². The summed E-state index contributed by atoms with van der Waals surface area (Å²) in [6, 6.07) is -1.07. The molecule has 0 saturated carbocycles. The Bertz CT molecular complexity index is 451. The number of hydrogen-bond donors (Lipinski definition) is 2. The molecule has 0 spiro atoms. The lowest BCUT2D eigenvalue weighted by Gasteiger charge is -2.24. The second kappa shape index (κ2) is 10.1. The van der Waals surface area contributed by atoms with Crippen molar-refractivity contribution < 1.29 is 28.6 Å². The number of esters is 1. The zero-order valence-electron chi connectivity index (χ0n) is 16.4. The van der Waals surface area contributed by atoms with Gasteiger partial charge in [-0.2, -0.15) is 0 Å². The summed E-state index contributed by atoms with van der Waals surface area (Å²) < 4.78 is 15.3. The third kappa shape index (κ3) is 13.0. The van der Waals surface area contributed by atoms with Crippen LogP contribution in [-0.2, 0) is 19.0 Å². The fourth-order valence-corrected chi connectivity index (χ4v) is 1.56. The summed E-state index contributed by atoms with van der Waals surface area (Å²) in [6.45, 7) is 12.3. The first-order valence-corrected chi connectivity index (χ1v) is 8.47. The molecule has 2 N–H and O–H groups in total. The quantitative estimate of drug-likeness (QED) is 0.411.